The zero-order valence-electron chi connectivity index (χ0n) is 10.1. The van der Waals surface area contributed by atoms with E-state index in [-0.39, 0.29) is 21.3 Å². The van der Waals surface area contributed by atoms with Crippen molar-refractivity contribution in [3.05, 3.63) is 57.8 Å². The summed E-state index contributed by atoms with van der Waals surface area (Å²) in [6.07, 6.45) is -3.62. The van der Waals surface area contributed by atoms with Gasteiger partial charge in [-0.2, -0.15) is 0 Å². The average molecular weight is 336 g/mol. The Morgan fingerprint density at radius 2 is 1.90 bits per heavy atom. The first-order valence-corrected chi connectivity index (χ1v) is 6.23. The van der Waals surface area contributed by atoms with Crippen molar-refractivity contribution in [3.8, 4) is 5.75 Å². The number of ketones is 1. The van der Waals surface area contributed by atoms with Crippen LogP contribution in [0.4, 0.5) is 13.2 Å². The monoisotopic (exact) mass is 335 g/mol. The van der Waals surface area contributed by atoms with Crippen molar-refractivity contribution >= 4 is 29.0 Å². The number of pyridine rings is 1. The fourth-order valence-electron chi connectivity index (χ4n) is 1.55. The zero-order chi connectivity index (χ0) is 15.6. The van der Waals surface area contributed by atoms with Gasteiger partial charge in [0.1, 0.15) is 11.4 Å². The van der Waals surface area contributed by atoms with E-state index >= 15 is 0 Å². The molecule has 0 saturated carbocycles. The molecule has 2 aromatic rings. The third-order valence-electron chi connectivity index (χ3n) is 2.35. The van der Waals surface area contributed by atoms with Gasteiger partial charge in [-0.3, -0.25) is 4.79 Å². The van der Waals surface area contributed by atoms with Crippen LogP contribution < -0.4 is 4.74 Å². The number of benzene rings is 1. The van der Waals surface area contributed by atoms with Crippen molar-refractivity contribution in [2.45, 2.75) is 6.36 Å². The largest absolute Gasteiger partial charge is 0.573 e. The lowest BCUT2D eigenvalue weighted by atomic mass is 10.1. The van der Waals surface area contributed by atoms with Crippen molar-refractivity contribution in [1.82, 2.24) is 4.98 Å². The van der Waals surface area contributed by atoms with Crippen molar-refractivity contribution in [3.63, 3.8) is 0 Å². The summed E-state index contributed by atoms with van der Waals surface area (Å²) in [6, 6.07) is 5.96. The first kappa shape index (κ1) is 15.6. The Morgan fingerprint density at radius 3 is 2.52 bits per heavy atom. The molecular formula is C13H6Cl2F3NO2. The second-order valence-corrected chi connectivity index (χ2v) is 4.73. The highest BCUT2D eigenvalue weighted by molar-refractivity contribution is 6.37. The quantitative estimate of drug-likeness (QED) is 0.774. The standard InChI is InChI=1S/C13H6Cl2F3NO2/c14-8-5-10(15)11(19-6-8)12(20)7-2-1-3-9(4-7)21-13(16,17)18/h1-6H. The van der Waals surface area contributed by atoms with Crippen LogP contribution in [0.2, 0.25) is 10.0 Å². The molecular weight excluding hydrogens is 330 g/mol. The topological polar surface area (TPSA) is 39.2 Å². The van der Waals surface area contributed by atoms with Gasteiger partial charge in [0, 0.05) is 11.8 Å². The van der Waals surface area contributed by atoms with E-state index in [1.807, 2.05) is 0 Å². The number of carbonyl (C=O) groups is 1. The Morgan fingerprint density at radius 1 is 1.19 bits per heavy atom. The van der Waals surface area contributed by atoms with Crippen LogP contribution in [0.1, 0.15) is 16.1 Å². The lowest BCUT2D eigenvalue weighted by Gasteiger charge is -2.10. The molecule has 0 fully saturated rings. The smallest absolute Gasteiger partial charge is 0.406 e. The fraction of sp³-hybridized carbons (Fsp3) is 0.0769. The van der Waals surface area contributed by atoms with Gasteiger partial charge in [-0.25, -0.2) is 4.98 Å². The minimum atomic E-state index is -4.84. The van der Waals surface area contributed by atoms with Crippen molar-refractivity contribution < 1.29 is 22.7 Å². The molecule has 3 nitrogen and oxygen atoms in total. The van der Waals surface area contributed by atoms with Gasteiger partial charge in [-0.1, -0.05) is 35.3 Å². The lowest BCUT2D eigenvalue weighted by molar-refractivity contribution is -0.274. The summed E-state index contributed by atoms with van der Waals surface area (Å²) < 4.78 is 40.2. The minimum Gasteiger partial charge on any atom is -0.406 e. The van der Waals surface area contributed by atoms with E-state index in [0.29, 0.717) is 0 Å². The van der Waals surface area contributed by atoms with E-state index in [9.17, 15) is 18.0 Å². The molecule has 0 atom stereocenters. The van der Waals surface area contributed by atoms with Crippen LogP contribution in [-0.2, 0) is 0 Å². The highest BCUT2D eigenvalue weighted by Gasteiger charge is 2.31. The van der Waals surface area contributed by atoms with Crippen LogP contribution in [0.5, 0.6) is 5.75 Å². The Labute approximate surface area is 127 Å². The van der Waals surface area contributed by atoms with Gasteiger partial charge in [0.25, 0.3) is 0 Å². The fourth-order valence-corrected chi connectivity index (χ4v) is 2.02. The molecule has 0 unspecified atom stereocenters. The molecule has 2 rings (SSSR count). The Balaban J connectivity index is 2.33. The Bertz CT molecular complexity index is 689. The summed E-state index contributed by atoms with van der Waals surface area (Å²) >= 11 is 11.5. The molecule has 8 heteroatoms. The van der Waals surface area contributed by atoms with E-state index in [2.05, 4.69) is 9.72 Å². The van der Waals surface area contributed by atoms with E-state index in [1.54, 1.807) is 0 Å². The van der Waals surface area contributed by atoms with Crippen LogP contribution in [0.3, 0.4) is 0 Å². The Hall–Kier alpha value is -1.79. The van der Waals surface area contributed by atoms with Gasteiger partial charge in [-0.15, -0.1) is 13.2 Å². The van der Waals surface area contributed by atoms with Crippen LogP contribution >= 0.6 is 23.2 Å². The second-order valence-electron chi connectivity index (χ2n) is 3.89. The molecule has 1 heterocycles. The number of rotatable bonds is 3. The van der Waals surface area contributed by atoms with Crippen molar-refractivity contribution in [2.75, 3.05) is 0 Å². The third kappa shape index (κ3) is 4.09. The Kier molecular flexibility index (Phi) is 4.39. The summed E-state index contributed by atoms with van der Waals surface area (Å²) in [5.74, 6) is -1.14. The number of halogens is 5. The molecule has 0 saturated heterocycles. The van der Waals surface area contributed by atoms with Crippen LogP contribution in [0, 0.1) is 0 Å². The van der Waals surface area contributed by atoms with Gasteiger partial charge in [0.15, 0.2) is 0 Å². The second kappa shape index (κ2) is 5.91. The van der Waals surface area contributed by atoms with E-state index in [0.717, 1.165) is 12.1 Å². The zero-order valence-corrected chi connectivity index (χ0v) is 11.6. The molecule has 21 heavy (non-hydrogen) atoms. The first-order chi connectivity index (χ1) is 9.76. The molecule has 1 aromatic heterocycles. The highest BCUT2D eigenvalue weighted by Crippen LogP contribution is 2.26. The SMILES string of the molecule is O=C(c1cccc(OC(F)(F)F)c1)c1ncc(Cl)cc1Cl. The van der Waals surface area contributed by atoms with Crippen molar-refractivity contribution in [1.29, 1.82) is 0 Å². The predicted octanol–water partition coefficient (Wildman–Crippen LogP) is 4.52. The minimum absolute atomic E-state index is 0.00893. The maximum Gasteiger partial charge on any atom is 0.573 e. The molecule has 0 amide bonds. The molecule has 1 aromatic carbocycles. The molecule has 0 aliphatic heterocycles. The summed E-state index contributed by atoms with van der Waals surface area (Å²) in [7, 11) is 0. The predicted molar refractivity (Wildman–Crippen MR) is 70.8 cm³/mol. The maximum absolute atomic E-state index is 12.2. The summed E-state index contributed by atoms with van der Waals surface area (Å²) in [5, 5.41) is 0.250. The summed E-state index contributed by atoms with van der Waals surface area (Å²) in [5.41, 5.74) is -0.140. The van der Waals surface area contributed by atoms with Gasteiger partial charge in [0.2, 0.25) is 5.78 Å². The van der Waals surface area contributed by atoms with Gasteiger partial charge >= 0.3 is 6.36 Å². The molecule has 110 valence electrons. The van der Waals surface area contributed by atoms with Crippen molar-refractivity contribution in [2.24, 2.45) is 0 Å². The van der Waals surface area contributed by atoms with Crippen LogP contribution in [0.15, 0.2) is 36.5 Å². The number of hydrogen-bond acceptors (Lipinski definition) is 3. The molecule has 0 aliphatic carbocycles. The van der Waals surface area contributed by atoms with Crippen LogP contribution in [0.25, 0.3) is 0 Å². The molecule has 0 bridgehead atoms. The summed E-state index contributed by atoms with van der Waals surface area (Å²) in [4.78, 5) is 16.0. The third-order valence-corrected chi connectivity index (χ3v) is 2.85. The number of hydrogen-bond donors (Lipinski definition) is 0. The molecule has 0 radical (unpaired) electrons. The van der Waals surface area contributed by atoms with Gasteiger partial charge in [-0.05, 0) is 18.2 Å². The molecule has 0 N–H and O–H groups in total. The van der Waals surface area contributed by atoms with Gasteiger partial charge in [0.05, 0.1) is 10.0 Å². The first-order valence-electron chi connectivity index (χ1n) is 5.48. The lowest BCUT2D eigenvalue weighted by Crippen LogP contribution is -2.17. The number of alkyl halides is 3. The molecule has 0 aliphatic rings. The van der Waals surface area contributed by atoms with E-state index < -0.39 is 17.9 Å². The number of nitrogens with zero attached hydrogens (tertiary/aromatic N) is 1. The van der Waals surface area contributed by atoms with Gasteiger partial charge < -0.3 is 4.74 Å². The normalized spacial score (nSPS) is 11.3. The number of carbonyl (C=O) groups excluding carboxylic acids is 1. The maximum atomic E-state index is 12.2. The summed E-state index contributed by atoms with van der Waals surface area (Å²) in [6.45, 7) is 0. The van der Waals surface area contributed by atoms with Crippen LogP contribution in [-0.4, -0.2) is 17.1 Å². The molecule has 0 spiro atoms. The average Bonchev–Trinajstić information content (AvgIpc) is 2.36. The highest BCUT2D eigenvalue weighted by atomic mass is 35.5. The number of aromatic nitrogens is 1. The van der Waals surface area contributed by atoms with E-state index in [1.165, 1.54) is 24.4 Å². The number of ether oxygens (including phenoxy) is 1. The van der Waals surface area contributed by atoms with E-state index in [4.69, 9.17) is 23.2 Å².